The second kappa shape index (κ2) is 27.2. The summed E-state index contributed by atoms with van der Waals surface area (Å²) < 4.78 is 0. The molecule has 0 aromatic heterocycles. The second-order valence-electron chi connectivity index (χ2n) is 14.4. The number of rotatable bonds is 31. The molecule has 2 aliphatic rings. The number of amides is 10. The van der Waals surface area contributed by atoms with Crippen molar-refractivity contribution in [2.75, 3.05) is 66.5 Å². The molecular formula is C40H54N8O14. The van der Waals surface area contributed by atoms with Crippen molar-refractivity contribution in [3.05, 3.63) is 24.3 Å². The minimum atomic E-state index is -0.545. The number of carbonyl (C=O) groups is 14. The number of carbonyl (C=O) groups excluding carboxylic acids is 14. The van der Waals surface area contributed by atoms with Gasteiger partial charge >= 0.3 is 0 Å². The van der Waals surface area contributed by atoms with E-state index in [4.69, 9.17) is 0 Å². The molecule has 0 fully saturated rings. The largest absolute Gasteiger partial charge is 0.349 e. The third-order valence-corrected chi connectivity index (χ3v) is 9.43. The molecule has 0 saturated heterocycles. The summed E-state index contributed by atoms with van der Waals surface area (Å²) in [4.78, 5) is 172. The zero-order valence-corrected chi connectivity index (χ0v) is 35.0. The minimum absolute atomic E-state index is 0.0208. The molecule has 0 aromatic carbocycles. The highest BCUT2D eigenvalue weighted by molar-refractivity contribution is 6.13. The van der Waals surface area contributed by atoms with Gasteiger partial charge < -0.3 is 31.1 Å². The van der Waals surface area contributed by atoms with Gasteiger partial charge in [-0.3, -0.25) is 76.9 Å². The van der Waals surface area contributed by atoms with E-state index in [1.807, 2.05) is 0 Å². The van der Waals surface area contributed by atoms with Crippen molar-refractivity contribution in [3.8, 4) is 0 Å². The number of hydrogen-bond acceptors (Lipinski definition) is 14. The molecule has 0 atom stereocenters. The molecule has 4 N–H and O–H groups in total. The van der Waals surface area contributed by atoms with E-state index >= 15 is 0 Å². The van der Waals surface area contributed by atoms with E-state index in [2.05, 4.69) is 21.3 Å². The number of ketones is 4. The Morgan fingerprint density at radius 1 is 0.403 bits per heavy atom. The average molecular weight is 871 g/mol. The molecule has 0 saturated carbocycles. The van der Waals surface area contributed by atoms with Crippen molar-refractivity contribution in [2.45, 2.75) is 77.0 Å². The highest BCUT2D eigenvalue weighted by atomic mass is 16.2. The van der Waals surface area contributed by atoms with Gasteiger partial charge in [0.15, 0.2) is 23.1 Å². The first-order valence-electron chi connectivity index (χ1n) is 20.0. The van der Waals surface area contributed by atoms with Crippen molar-refractivity contribution >= 4 is 82.2 Å². The molecular weight excluding hydrogens is 816 g/mol. The SMILES string of the molecule is CN(CCN(C)C(=O)CCCC(=O)CNC(=O)CCC(=O)CNC(=O)CCN1C(=O)C=CC1=O)C(=O)CCCC(=O)CNC(=O)CCC(=O)CNC(=O)CCN1C(=O)C=CC1=O. The summed E-state index contributed by atoms with van der Waals surface area (Å²) in [5.41, 5.74) is 0. The van der Waals surface area contributed by atoms with Crippen molar-refractivity contribution in [3.63, 3.8) is 0 Å². The van der Waals surface area contributed by atoms with Gasteiger partial charge in [-0.15, -0.1) is 0 Å². The molecule has 0 radical (unpaired) electrons. The maximum Gasteiger partial charge on any atom is 0.253 e. The van der Waals surface area contributed by atoms with Gasteiger partial charge in [-0.1, -0.05) is 0 Å². The molecule has 22 nitrogen and oxygen atoms in total. The first-order valence-corrected chi connectivity index (χ1v) is 20.0. The van der Waals surface area contributed by atoms with Crippen LogP contribution in [0.1, 0.15) is 77.0 Å². The number of Topliss-reactive ketones (excluding diaryl/α,β-unsaturated/α-hetero) is 4. The number of likely N-dealkylation sites (N-methyl/N-ethyl adjacent to an activating group) is 2. The van der Waals surface area contributed by atoms with Crippen molar-refractivity contribution in [2.24, 2.45) is 0 Å². The van der Waals surface area contributed by atoms with Crippen LogP contribution in [0.4, 0.5) is 0 Å². The van der Waals surface area contributed by atoms with Crippen LogP contribution in [0.5, 0.6) is 0 Å². The molecule has 0 aromatic rings. The normalized spacial score (nSPS) is 12.9. The second-order valence-corrected chi connectivity index (χ2v) is 14.4. The van der Waals surface area contributed by atoms with Gasteiger partial charge in [0.25, 0.3) is 23.6 Å². The summed E-state index contributed by atoms with van der Waals surface area (Å²) in [6, 6.07) is 0. The van der Waals surface area contributed by atoms with Crippen LogP contribution in [0.25, 0.3) is 0 Å². The minimum Gasteiger partial charge on any atom is -0.349 e. The van der Waals surface area contributed by atoms with Gasteiger partial charge in [-0.2, -0.15) is 0 Å². The molecule has 0 unspecified atom stereocenters. The Bertz CT molecular complexity index is 1670. The topological polar surface area (TPSA) is 300 Å². The number of nitrogens with zero attached hydrogens (tertiary/aromatic N) is 4. The van der Waals surface area contributed by atoms with Crippen molar-refractivity contribution < 1.29 is 67.1 Å². The summed E-state index contributed by atoms with van der Waals surface area (Å²) in [5.74, 6) is -6.28. The highest BCUT2D eigenvalue weighted by Gasteiger charge is 2.25. The van der Waals surface area contributed by atoms with E-state index in [1.54, 1.807) is 14.1 Å². The van der Waals surface area contributed by atoms with E-state index < -0.39 is 58.8 Å². The van der Waals surface area contributed by atoms with Gasteiger partial charge in [-0.25, -0.2) is 0 Å². The predicted octanol–water partition coefficient (Wildman–Crippen LogP) is -2.82. The van der Waals surface area contributed by atoms with Crippen LogP contribution in [0.3, 0.4) is 0 Å². The molecule has 338 valence electrons. The lowest BCUT2D eigenvalue weighted by atomic mass is 10.1. The molecule has 0 spiro atoms. The summed E-state index contributed by atoms with van der Waals surface area (Å²) in [6.07, 6.45) is 3.82. The standard InChI is InChI=1S/C40H54N8O14/c1-45(35(57)7-3-5-27(49)23-41-31(53)11-9-29(51)25-43-33(55)17-19-47-37(59)13-14-38(47)60)21-22-46(2)36(58)8-4-6-28(50)24-42-32(54)12-10-30(52)26-44-34(56)18-20-48-39(61)15-16-40(48)62/h13-16H,3-12,17-26H2,1-2H3,(H,41,53)(H,42,54)(H,43,55)(H,44,56). The van der Waals surface area contributed by atoms with Gasteiger partial charge in [0.05, 0.1) is 26.2 Å². The Labute approximate surface area is 357 Å². The summed E-state index contributed by atoms with van der Waals surface area (Å²) >= 11 is 0. The third-order valence-electron chi connectivity index (χ3n) is 9.43. The predicted molar refractivity (Wildman–Crippen MR) is 214 cm³/mol. The number of nitrogens with one attached hydrogen (secondary N) is 4. The fraction of sp³-hybridized carbons (Fsp3) is 0.550. The molecule has 62 heavy (non-hydrogen) atoms. The molecule has 10 amide bonds. The van der Waals surface area contributed by atoms with Crippen LogP contribution in [-0.2, 0) is 67.1 Å². The quantitative estimate of drug-likeness (QED) is 0.0511. The van der Waals surface area contributed by atoms with Crippen LogP contribution in [0, 0.1) is 0 Å². The molecule has 2 aliphatic heterocycles. The Kier molecular flexibility index (Phi) is 22.5. The van der Waals surface area contributed by atoms with E-state index in [-0.39, 0.29) is 153 Å². The molecule has 0 aliphatic carbocycles. The Morgan fingerprint density at radius 2 is 0.677 bits per heavy atom. The summed E-state index contributed by atoms with van der Waals surface area (Å²) in [7, 11) is 3.11. The highest BCUT2D eigenvalue weighted by Crippen LogP contribution is 2.07. The lowest BCUT2D eigenvalue weighted by Gasteiger charge is -2.22. The molecule has 22 heteroatoms. The van der Waals surface area contributed by atoms with Crippen molar-refractivity contribution in [1.82, 2.24) is 40.9 Å². The van der Waals surface area contributed by atoms with Crippen LogP contribution in [-0.4, -0.2) is 168 Å². The Morgan fingerprint density at radius 3 is 0.984 bits per heavy atom. The Balaban J connectivity index is 1.46. The van der Waals surface area contributed by atoms with Crippen molar-refractivity contribution in [1.29, 1.82) is 0 Å². The van der Waals surface area contributed by atoms with Gasteiger partial charge in [0.1, 0.15) is 0 Å². The number of imide groups is 2. The fourth-order valence-corrected chi connectivity index (χ4v) is 5.54. The molecule has 2 rings (SSSR count). The van der Waals surface area contributed by atoms with Gasteiger partial charge in [-0.05, 0) is 12.8 Å². The lowest BCUT2D eigenvalue weighted by molar-refractivity contribution is -0.139. The fourth-order valence-electron chi connectivity index (χ4n) is 5.54. The van der Waals surface area contributed by atoms with Gasteiger partial charge in [0.2, 0.25) is 35.4 Å². The van der Waals surface area contributed by atoms with E-state index in [9.17, 15) is 67.1 Å². The van der Waals surface area contributed by atoms with Crippen LogP contribution < -0.4 is 21.3 Å². The molecule has 0 bridgehead atoms. The maximum atomic E-state index is 12.5. The van der Waals surface area contributed by atoms with Gasteiger partial charge in [0, 0.05) is 129 Å². The summed E-state index contributed by atoms with van der Waals surface area (Å²) in [6.45, 7) is -1.07. The number of hydrogen-bond donors (Lipinski definition) is 4. The first-order chi connectivity index (χ1) is 29.4. The molecule has 2 heterocycles. The van der Waals surface area contributed by atoms with E-state index in [0.29, 0.717) is 0 Å². The first kappa shape index (κ1) is 51.4. The monoisotopic (exact) mass is 870 g/mol. The maximum absolute atomic E-state index is 12.5. The Hall–Kier alpha value is -6.74. The zero-order chi connectivity index (χ0) is 46.2. The summed E-state index contributed by atoms with van der Waals surface area (Å²) in [5, 5.41) is 9.56. The average Bonchev–Trinajstić information content (AvgIpc) is 3.74. The van der Waals surface area contributed by atoms with E-state index in [0.717, 1.165) is 34.1 Å². The lowest BCUT2D eigenvalue weighted by Crippen LogP contribution is -2.37. The third kappa shape index (κ3) is 20.5. The zero-order valence-electron chi connectivity index (χ0n) is 35.0. The van der Waals surface area contributed by atoms with Crippen LogP contribution in [0.2, 0.25) is 0 Å². The van der Waals surface area contributed by atoms with E-state index in [1.165, 1.54) is 9.80 Å². The smallest absolute Gasteiger partial charge is 0.253 e. The van der Waals surface area contributed by atoms with Crippen LogP contribution in [0.15, 0.2) is 24.3 Å². The van der Waals surface area contributed by atoms with Crippen LogP contribution >= 0.6 is 0 Å².